The number of carbonyl (C=O) groups is 1. The van der Waals surface area contributed by atoms with Crippen LogP contribution < -0.4 is 5.43 Å². The summed E-state index contributed by atoms with van der Waals surface area (Å²) in [6, 6.07) is 16.6. The van der Waals surface area contributed by atoms with Crippen LogP contribution in [0.5, 0.6) is 0 Å². The molecule has 1 N–H and O–H groups in total. The van der Waals surface area contributed by atoms with Crippen molar-refractivity contribution in [1.29, 1.82) is 0 Å². The first kappa shape index (κ1) is 20.5. The van der Waals surface area contributed by atoms with Gasteiger partial charge in [0.1, 0.15) is 11.5 Å². The second-order valence-electron chi connectivity index (χ2n) is 6.45. The third kappa shape index (κ3) is 4.09. The number of amides is 1. The molecule has 1 aliphatic rings. The molecular weight excluding hydrogens is 493 g/mol. The van der Waals surface area contributed by atoms with E-state index in [-0.39, 0.29) is 5.91 Å². The predicted octanol–water partition coefficient (Wildman–Crippen LogP) is 7.09. The molecule has 0 bridgehead atoms. The van der Waals surface area contributed by atoms with Crippen molar-refractivity contribution in [2.24, 2.45) is 0 Å². The molecular formula is C21H11Cl2N3O2S3. The monoisotopic (exact) mass is 503 g/mol. The number of hydrazine groups is 1. The summed E-state index contributed by atoms with van der Waals surface area (Å²) in [5.41, 5.74) is 4.67. The number of aromatic nitrogens is 1. The maximum atomic E-state index is 12.9. The molecule has 2 aromatic carbocycles. The summed E-state index contributed by atoms with van der Waals surface area (Å²) in [6.45, 7) is 0. The summed E-state index contributed by atoms with van der Waals surface area (Å²) in [7, 11) is 0. The molecule has 5 rings (SSSR count). The quantitative estimate of drug-likeness (QED) is 0.237. The van der Waals surface area contributed by atoms with Gasteiger partial charge in [-0.25, -0.2) is 4.98 Å². The molecule has 154 valence electrons. The lowest BCUT2D eigenvalue weighted by Crippen LogP contribution is -2.33. The summed E-state index contributed by atoms with van der Waals surface area (Å²) in [4.78, 5) is 17.8. The van der Waals surface area contributed by atoms with Crippen LogP contribution in [0, 0.1) is 0 Å². The van der Waals surface area contributed by atoms with E-state index in [1.807, 2.05) is 36.4 Å². The van der Waals surface area contributed by atoms with Crippen LogP contribution in [0.25, 0.3) is 27.6 Å². The molecule has 0 atom stereocenters. The molecule has 0 unspecified atom stereocenters. The number of para-hydroxylation sites is 1. The maximum absolute atomic E-state index is 12.9. The van der Waals surface area contributed by atoms with Gasteiger partial charge in [-0.3, -0.25) is 10.2 Å². The van der Waals surface area contributed by atoms with Gasteiger partial charge in [0.2, 0.25) is 5.13 Å². The Hall–Kier alpha value is -2.36. The first-order valence-corrected chi connectivity index (χ1v) is 11.7. The third-order valence-electron chi connectivity index (χ3n) is 4.40. The largest absolute Gasteiger partial charge is 0.457 e. The molecule has 1 saturated heterocycles. The minimum atomic E-state index is -0.262. The van der Waals surface area contributed by atoms with Crippen molar-refractivity contribution in [3.05, 3.63) is 75.3 Å². The smallest absolute Gasteiger partial charge is 0.285 e. The number of thiazole rings is 1. The average molecular weight is 504 g/mol. The third-order valence-corrected chi connectivity index (χ3v) is 7.38. The highest BCUT2D eigenvalue weighted by Gasteiger charge is 2.33. The summed E-state index contributed by atoms with van der Waals surface area (Å²) in [5.74, 6) is 0.885. The number of thiocarbonyl (C=S) groups is 1. The number of rotatable bonds is 4. The van der Waals surface area contributed by atoms with Gasteiger partial charge in [0, 0.05) is 11.6 Å². The number of carbonyl (C=O) groups excluding carboxylic acids is 1. The van der Waals surface area contributed by atoms with Gasteiger partial charge in [0.25, 0.3) is 5.91 Å². The van der Waals surface area contributed by atoms with Crippen LogP contribution in [0.1, 0.15) is 5.76 Å². The normalized spacial score (nSPS) is 15.4. The number of anilines is 1. The topological polar surface area (TPSA) is 58.4 Å². The van der Waals surface area contributed by atoms with Crippen molar-refractivity contribution in [2.75, 3.05) is 5.43 Å². The molecule has 0 aliphatic carbocycles. The van der Waals surface area contributed by atoms with E-state index in [9.17, 15) is 4.79 Å². The first-order chi connectivity index (χ1) is 15.0. The fraction of sp³-hybridized carbons (Fsp3) is 0. The van der Waals surface area contributed by atoms with Crippen molar-refractivity contribution in [3.63, 3.8) is 0 Å². The fourth-order valence-corrected chi connectivity index (χ4v) is 5.26. The molecule has 0 saturated carbocycles. The van der Waals surface area contributed by atoms with Crippen LogP contribution in [-0.2, 0) is 4.79 Å². The van der Waals surface area contributed by atoms with Gasteiger partial charge in [-0.15, -0.1) is 0 Å². The molecule has 0 radical (unpaired) electrons. The van der Waals surface area contributed by atoms with Crippen molar-refractivity contribution in [3.8, 4) is 11.3 Å². The molecule has 1 aliphatic heterocycles. The van der Waals surface area contributed by atoms with Gasteiger partial charge in [-0.1, -0.05) is 58.4 Å². The SMILES string of the molecule is O=C1C(=Cc2ccc(-c3ccc(Cl)c(Cl)c3)o2)SC(=S)N1Nc1nc2ccccc2s1. The molecule has 0 spiro atoms. The number of halogens is 2. The van der Waals surface area contributed by atoms with E-state index in [0.717, 1.165) is 15.8 Å². The van der Waals surface area contributed by atoms with Crippen LogP contribution >= 0.6 is 58.5 Å². The molecule has 4 aromatic rings. The van der Waals surface area contributed by atoms with E-state index in [1.54, 1.807) is 24.3 Å². The lowest BCUT2D eigenvalue weighted by atomic mass is 10.2. The second-order valence-corrected chi connectivity index (χ2v) is 9.97. The van der Waals surface area contributed by atoms with Crippen LogP contribution in [0.2, 0.25) is 10.0 Å². The maximum Gasteiger partial charge on any atom is 0.285 e. The van der Waals surface area contributed by atoms with Crippen LogP contribution in [0.15, 0.2) is 63.9 Å². The standard InChI is InChI=1S/C21H11Cl2N3O2S3/c22-13-7-5-11(9-14(13)23)16-8-6-12(28-16)10-18-19(27)26(21(29)31-18)25-20-24-15-3-1-2-4-17(15)30-20/h1-10H,(H,24,25). The highest BCUT2D eigenvalue weighted by molar-refractivity contribution is 8.26. The number of thioether (sulfide) groups is 1. The minimum Gasteiger partial charge on any atom is -0.457 e. The van der Waals surface area contributed by atoms with E-state index in [4.69, 9.17) is 39.8 Å². The Labute approximate surface area is 200 Å². The zero-order chi connectivity index (χ0) is 21.5. The van der Waals surface area contributed by atoms with E-state index in [1.165, 1.54) is 28.1 Å². The molecule has 31 heavy (non-hydrogen) atoms. The van der Waals surface area contributed by atoms with Crippen LogP contribution in [-0.4, -0.2) is 20.2 Å². The Balaban J connectivity index is 1.36. The van der Waals surface area contributed by atoms with E-state index >= 15 is 0 Å². The molecule has 10 heteroatoms. The zero-order valence-corrected chi connectivity index (χ0v) is 19.4. The lowest BCUT2D eigenvalue weighted by molar-refractivity contribution is -0.121. The Morgan fingerprint density at radius 3 is 2.74 bits per heavy atom. The Morgan fingerprint density at radius 1 is 1.10 bits per heavy atom. The summed E-state index contributed by atoms with van der Waals surface area (Å²) in [6.07, 6.45) is 1.67. The van der Waals surface area contributed by atoms with Gasteiger partial charge in [0.05, 0.1) is 25.2 Å². The summed E-state index contributed by atoms with van der Waals surface area (Å²) < 4.78 is 7.29. The average Bonchev–Trinajstić information content (AvgIpc) is 3.45. The van der Waals surface area contributed by atoms with Crippen molar-refractivity contribution in [1.82, 2.24) is 9.99 Å². The number of benzene rings is 2. The molecule has 5 nitrogen and oxygen atoms in total. The van der Waals surface area contributed by atoms with Crippen molar-refractivity contribution in [2.45, 2.75) is 0 Å². The highest BCUT2D eigenvalue weighted by atomic mass is 35.5. The van der Waals surface area contributed by atoms with Gasteiger partial charge >= 0.3 is 0 Å². The van der Waals surface area contributed by atoms with E-state index < -0.39 is 0 Å². The van der Waals surface area contributed by atoms with Gasteiger partial charge in [-0.2, -0.15) is 5.01 Å². The summed E-state index contributed by atoms with van der Waals surface area (Å²) in [5, 5.41) is 2.84. The van der Waals surface area contributed by atoms with E-state index in [2.05, 4.69) is 10.4 Å². The predicted molar refractivity (Wildman–Crippen MR) is 132 cm³/mol. The molecule has 2 aromatic heterocycles. The van der Waals surface area contributed by atoms with Crippen molar-refractivity contribution >= 4 is 90.2 Å². The fourth-order valence-electron chi connectivity index (χ4n) is 2.94. The minimum absolute atomic E-state index is 0.262. The number of hydrogen-bond acceptors (Lipinski definition) is 7. The van der Waals surface area contributed by atoms with Crippen molar-refractivity contribution < 1.29 is 9.21 Å². The summed E-state index contributed by atoms with van der Waals surface area (Å²) >= 11 is 20.1. The Morgan fingerprint density at radius 2 is 1.94 bits per heavy atom. The molecule has 1 amide bonds. The Kier molecular flexibility index (Phi) is 5.49. The first-order valence-electron chi connectivity index (χ1n) is 8.93. The van der Waals surface area contributed by atoms with Crippen LogP contribution in [0.4, 0.5) is 5.13 Å². The number of nitrogens with one attached hydrogen (secondary N) is 1. The highest BCUT2D eigenvalue weighted by Crippen LogP contribution is 2.35. The second kappa shape index (κ2) is 8.29. The number of hydrogen-bond donors (Lipinski definition) is 1. The number of nitrogens with zero attached hydrogens (tertiary/aromatic N) is 2. The van der Waals surface area contributed by atoms with Gasteiger partial charge in [-0.05, 0) is 54.7 Å². The zero-order valence-electron chi connectivity index (χ0n) is 15.5. The Bertz CT molecular complexity index is 1350. The number of furan rings is 1. The lowest BCUT2D eigenvalue weighted by Gasteiger charge is -2.14. The molecule has 3 heterocycles. The van der Waals surface area contributed by atoms with Gasteiger partial charge < -0.3 is 4.42 Å². The van der Waals surface area contributed by atoms with Gasteiger partial charge in [0.15, 0.2) is 4.32 Å². The number of fused-ring (bicyclic) bond motifs is 1. The molecule has 1 fully saturated rings. The van der Waals surface area contributed by atoms with E-state index in [0.29, 0.717) is 35.9 Å². The van der Waals surface area contributed by atoms with Crippen LogP contribution in [0.3, 0.4) is 0 Å².